The average Bonchev–Trinajstić information content (AvgIpc) is 1.69. The van der Waals surface area contributed by atoms with Crippen LogP contribution in [0.2, 0.25) is 0 Å². The molecule has 0 aliphatic heterocycles. The van der Waals surface area contributed by atoms with E-state index in [2.05, 4.69) is 20.0 Å². The third-order valence-corrected chi connectivity index (χ3v) is 0.940. The topological polar surface area (TPSA) is 63.0 Å². The lowest BCUT2D eigenvalue weighted by molar-refractivity contribution is 0.823. The fourth-order valence-corrected chi connectivity index (χ4v) is 0.534. The van der Waals surface area contributed by atoms with Gasteiger partial charge < -0.3 is 11.0 Å². The van der Waals surface area contributed by atoms with Crippen molar-refractivity contribution >= 4 is 13.3 Å². The summed E-state index contributed by atoms with van der Waals surface area (Å²) in [5.74, 6) is 0. The molecule has 3 heteroatoms. The first-order valence-corrected chi connectivity index (χ1v) is 2.41. The second-order valence-corrected chi connectivity index (χ2v) is 1.65. The lowest BCUT2D eigenvalue weighted by Gasteiger charge is -1.82. The molecule has 0 saturated heterocycles. The molecule has 2 nitrogen and oxygen atoms in total. The molecule has 0 spiro atoms. The van der Waals surface area contributed by atoms with E-state index in [1.807, 2.05) is 18.2 Å². The summed E-state index contributed by atoms with van der Waals surface area (Å²) >= 11 is 0. The lowest BCUT2D eigenvalue weighted by Crippen LogP contribution is -1.97. The molecule has 0 heterocycles. The van der Waals surface area contributed by atoms with E-state index >= 15 is 0 Å². The van der Waals surface area contributed by atoms with E-state index in [4.69, 9.17) is 0 Å². The maximum absolute atomic E-state index is 2.08. The molecule has 0 radical (unpaired) electrons. The first-order valence-electron chi connectivity index (χ1n) is 2.41. The third kappa shape index (κ3) is 3.76. The van der Waals surface area contributed by atoms with Gasteiger partial charge in [0.1, 0.15) is 7.85 Å². The maximum atomic E-state index is 2.08. The van der Waals surface area contributed by atoms with Crippen LogP contribution in [0.15, 0.2) is 30.3 Å². The first kappa shape index (κ1) is 11.1. The Kier molecular flexibility index (Phi) is 6.57. The number of hydrogen-bond donors (Lipinski definition) is 0. The van der Waals surface area contributed by atoms with Gasteiger partial charge in [-0.2, -0.15) is 0 Å². The highest BCUT2D eigenvalue weighted by Gasteiger charge is 1.72. The normalized spacial score (nSPS) is 6.67. The Morgan fingerprint density at radius 2 is 1.33 bits per heavy atom. The molecule has 0 saturated carbocycles. The maximum Gasteiger partial charge on any atom is 0.139 e. The largest absolute Gasteiger partial charge is 0.412 e. The van der Waals surface area contributed by atoms with Crippen LogP contribution in [0.1, 0.15) is 0 Å². The van der Waals surface area contributed by atoms with Gasteiger partial charge in [-0.25, -0.2) is 0 Å². The summed E-state index contributed by atoms with van der Waals surface area (Å²) in [5, 5.41) is 0. The zero-order valence-electron chi connectivity index (χ0n) is 5.39. The van der Waals surface area contributed by atoms with Gasteiger partial charge in [0.2, 0.25) is 0 Å². The zero-order valence-corrected chi connectivity index (χ0v) is 5.39. The van der Waals surface area contributed by atoms with Crippen LogP contribution >= 0.6 is 0 Å². The Morgan fingerprint density at radius 3 is 1.56 bits per heavy atom. The minimum atomic E-state index is 0. The van der Waals surface area contributed by atoms with Gasteiger partial charge in [-0.05, 0) is 0 Å². The summed E-state index contributed by atoms with van der Waals surface area (Å²) in [4.78, 5) is 0. The van der Waals surface area contributed by atoms with Crippen molar-refractivity contribution in [3.63, 3.8) is 0 Å². The van der Waals surface area contributed by atoms with Gasteiger partial charge in [0, 0.05) is 0 Å². The van der Waals surface area contributed by atoms with Crippen molar-refractivity contribution in [3.8, 4) is 0 Å². The third-order valence-electron chi connectivity index (χ3n) is 0.940. The summed E-state index contributed by atoms with van der Waals surface area (Å²) < 4.78 is 0. The highest BCUT2D eigenvalue weighted by atomic mass is 16.0. The molecule has 0 fully saturated rings. The van der Waals surface area contributed by atoms with Crippen LogP contribution in [-0.2, 0) is 0 Å². The zero-order chi connectivity index (χ0) is 5.11. The van der Waals surface area contributed by atoms with Crippen molar-refractivity contribution in [1.82, 2.24) is 0 Å². The van der Waals surface area contributed by atoms with E-state index in [-0.39, 0.29) is 11.0 Å². The lowest BCUT2D eigenvalue weighted by atomic mass is 9.97. The van der Waals surface area contributed by atoms with Crippen LogP contribution in [0.5, 0.6) is 0 Å². The molecule has 0 unspecified atom stereocenters. The van der Waals surface area contributed by atoms with Crippen LogP contribution in [0.3, 0.4) is 0 Å². The summed E-state index contributed by atoms with van der Waals surface area (Å²) in [6.07, 6.45) is 0. The van der Waals surface area contributed by atoms with Crippen molar-refractivity contribution < 1.29 is 11.0 Å². The Bertz CT molecular complexity index is 141. The molecule has 1 aromatic carbocycles. The second-order valence-electron chi connectivity index (χ2n) is 1.65. The standard InChI is InChI=1S/C6H7B.2H2O/c7-6-4-2-1-3-5-6;;/h1-5H,7H2;2*1H2. The quantitative estimate of drug-likeness (QED) is 0.372. The molecular formula is C6H11BO2. The average molecular weight is 126 g/mol. The van der Waals surface area contributed by atoms with Gasteiger partial charge in [-0.15, -0.1) is 0 Å². The molecule has 0 atom stereocenters. The molecule has 1 rings (SSSR count). The van der Waals surface area contributed by atoms with E-state index in [0.717, 1.165) is 0 Å². The predicted octanol–water partition coefficient (Wildman–Crippen LogP) is -1.70. The van der Waals surface area contributed by atoms with Crippen molar-refractivity contribution in [1.29, 1.82) is 0 Å². The molecule has 0 amide bonds. The highest BCUT2D eigenvalue weighted by Crippen LogP contribution is 1.76. The second kappa shape index (κ2) is 5.34. The van der Waals surface area contributed by atoms with E-state index < -0.39 is 0 Å². The smallest absolute Gasteiger partial charge is 0.139 e. The Morgan fingerprint density at radius 1 is 0.889 bits per heavy atom. The van der Waals surface area contributed by atoms with Gasteiger partial charge in [0.25, 0.3) is 0 Å². The molecule has 50 valence electrons. The molecular weight excluding hydrogens is 115 g/mol. The number of hydrogen-bond acceptors (Lipinski definition) is 0. The molecule has 0 bridgehead atoms. The first-order chi connectivity index (χ1) is 3.39. The van der Waals surface area contributed by atoms with Crippen LogP contribution in [0.4, 0.5) is 0 Å². The van der Waals surface area contributed by atoms with Gasteiger partial charge in [0.05, 0.1) is 0 Å². The molecule has 0 aliphatic carbocycles. The van der Waals surface area contributed by atoms with Gasteiger partial charge in [-0.1, -0.05) is 35.8 Å². The van der Waals surface area contributed by atoms with Crippen LogP contribution in [0.25, 0.3) is 0 Å². The molecule has 1 aromatic rings. The van der Waals surface area contributed by atoms with E-state index in [1.54, 1.807) is 0 Å². The summed E-state index contributed by atoms with van der Waals surface area (Å²) in [6, 6.07) is 10.3. The predicted molar refractivity (Wildman–Crippen MR) is 41.8 cm³/mol. The Labute approximate surface area is 55.5 Å². The summed E-state index contributed by atoms with van der Waals surface area (Å²) in [5.41, 5.74) is 1.32. The molecule has 4 N–H and O–H groups in total. The van der Waals surface area contributed by atoms with E-state index in [9.17, 15) is 0 Å². The van der Waals surface area contributed by atoms with Crippen LogP contribution in [0, 0.1) is 0 Å². The highest BCUT2D eigenvalue weighted by molar-refractivity contribution is 6.32. The van der Waals surface area contributed by atoms with Crippen LogP contribution in [-0.4, -0.2) is 18.8 Å². The Hall–Kier alpha value is -0.795. The SMILES string of the molecule is Bc1ccccc1.O.O. The van der Waals surface area contributed by atoms with Crippen molar-refractivity contribution in [3.05, 3.63) is 30.3 Å². The van der Waals surface area contributed by atoms with Crippen molar-refractivity contribution in [2.75, 3.05) is 0 Å². The summed E-state index contributed by atoms with van der Waals surface area (Å²) in [7, 11) is 2.08. The van der Waals surface area contributed by atoms with Gasteiger partial charge in [0.15, 0.2) is 0 Å². The fraction of sp³-hybridized carbons (Fsp3) is 0. The van der Waals surface area contributed by atoms with E-state index in [1.165, 1.54) is 5.46 Å². The van der Waals surface area contributed by atoms with Crippen molar-refractivity contribution in [2.45, 2.75) is 0 Å². The molecule has 9 heavy (non-hydrogen) atoms. The van der Waals surface area contributed by atoms with Gasteiger partial charge in [-0.3, -0.25) is 0 Å². The van der Waals surface area contributed by atoms with Crippen LogP contribution < -0.4 is 5.46 Å². The molecule has 0 aromatic heterocycles. The monoisotopic (exact) mass is 126 g/mol. The fourth-order valence-electron chi connectivity index (χ4n) is 0.534. The molecule has 0 aliphatic rings. The number of rotatable bonds is 0. The Balaban J connectivity index is 0. The van der Waals surface area contributed by atoms with Crippen molar-refractivity contribution in [2.24, 2.45) is 0 Å². The minimum absolute atomic E-state index is 0. The minimum Gasteiger partial charge on any atom is -0.412 e. The van der Waals surface area contributed by atoms with Gasteiger partial charge >= 0.3 is 0 Å². The van der Waals surface area contributed by atoms with E-state index in [0.29, 0.717) is 0 Å². The number of benzene rings is 1. The summed E-state index contributed by atoms with van der Waals surface area (Å²) in [6.45, 7) is 0.